The summed E-state index contributed by atoms with van der Waals surface area (Å²) >= 11 is 0. The van der Waals surface area contributed by atoms with Gasteiger partial charge < -0.3 is 24.6 Å². The molecule has 0 saturated heterocycles. The van der Waals surface area contributed by atoms with Crippen molar-refractivity contribution < 1.29 is 28.9 Å². The van der Waals surface area contributed by atoms with Crippen molar-refractivity contribution in [1.29, 1.82) is 0 Å². The van der Waals surface area contributed by atoms with Gasteiger partial charge in [-0.2, -0.15) is 0 Å². The Hall–Kier alpha value is -4.00. The first-order valence-corrected chi connectivity index (χ1v) is 10.7. The van der Waals surface area contributed by atoms with E-state index in [1.54, 1.807) is 6.07 Å². The van der Waals surface area contributed by atoms with Gasteiger partial charge in [0.1, 0.15) is 11.3 Å². The largest absolute Gasteiger partial charge is 0.495 e. The third-order valence-electron chi connectivity index (χ3n) is 6.34. The van der Waals surface area contributed by atoms with Gasteiger partial charge in [-0.05, 0) is 66.8 Å². The van der Waals surface area contributed by atoms with Gasteiger partial charge in [0.2, 0.25) is 12.7 Å². The Morgan fingerprint density at radius 2 is 1.79 bits per heavy atom. The lowest BCUT2D eigenvalue weighted by atomic mass is 9.93. The van der Waals surface area contributed by atoms with E-state index in [1.807, 2.05) is 49.4 Å². The standard InChI is InChI=1S/C26H23NO6/c1-15-6-8-17(13-20(15)18-4-3-5-19(24(28)29)23(18)31-2)27-25(30)26(10-11-26)16-7-9-21-22(12-16)33-14-32-21/h3-9,12-13H,10-11,14H2,1-2H3,(H,27,30)(H,28,29). The molecule has 0 unspecified atom stereocenters. The molecule has 5 rings (SSSR count). The zero-order chi connectivity index (χ0) is 23.2. The number of para-hydroxylation sites is 1. The molecule has 0 atom stereocenters. The molecule has 1 aliphatic heterocycles. The first kappa shape index (κ1) is 20.9. The molecule has 7 nitrogen and oxygen atoms in total. The van der Waals surface area contributed by atoms with Crippen LogP contribution < -0.4 is 19.5 Å². The molecule has 1 fully saturated rings. The van der Waals surface area contributed by atoms with Crippen LogP contribution in [0.1, 0.15) is 34.3 Å². The van der Waals surface area contributed by atoms with Gasteiger partial charge in [0.25, 0.3) is 0 Å². The topological polar surface area (TPSA) is 94.1 Å². The van der Waals surface area contributed by atoms with Crippen LogP contribution in [0.2, 0.25) is 0 Å². The minimum atomic E-state index is -1.06. The second kappa shape index (κ2) is 7.85. The van der Waals surface area contributed by atoms with E-state index in [0.717, 1.165) is 29.5 Å². The number of aromatic carboxylic acids is 1. The zero-order valence-corrected chi connectivity index (χ0v) is 18.3. The van der Waals surface area contributed by atoms with E-state index < -0.39 is 11.4 Å². The third-order valence-corrected chi connectivity index (χ3v) is 6.34. The fourth-order valence-corrected chi connectivity index (χ4v) is 4.34. The van der Waals surface area contributed by atoms with Crippen molar-refractivity contribution in [2.75, 3.05) is 19.2 Å². The molecule has 1 saturated carbocycles. The molecule has 168 valence electrons. The maximum atomic E-state index is 13.3. The highest BCUT2D eigenvalue weighted by atomic mass is 16.7. The number of carboxylic acids is 1. The van der Waals surface area contributed by atoms with Gasteiger partial charge >= 0.3 is 5.97 Å². The number of anilines is 1. The van der Waals surface area contributed by atoms with E-state index in [-0.39, 0.29) is 24.0 Å². The van der Waals surface area contributed by atoms with Crippen LogP contribution in [0.4, 0.5) is 5.69 Å². The summed E-state index contributed by atoms with van der Waals surface area (Å²) in [4.78, 5) is 24.9. The fourth-order valence-electron chi connectivity index (χ4n) is 4.34. The van der Waals surface area contributed by atoms with Crippen molar-refractivity contribution in [1.82, 2.24) is 0 Å². The highest BCUT2D eigenvalue weighted by molar-refractivity contribution is 6.02. The first-order chi connectivity index (χ1) is 15.9. The number of amides is 1. The SMILES string of the molecule is COc1c(C(=O)O)cccc1-c1cc(NC(=O)C2(c3ccc4c(c3)OCO4)CC2)ccc1C. The number of hydrogen-bond donors (Lipinski definition) is 2. The van der Waals surface area contributed by atoms with E-state index >= 15 is 0 Å². The summed E-state index contributed by atoms with van der Waals surface area (Å²) in [6.07, 6.45) is 1.51. The highest BCUT2D eigenvalue weighted by Crippen LogP contribution is 2.51. The van der Waals surface area contributed by atoms with Crippen molar-refractivity contribution in [2.24, 2.45) is 0 Å². The summed E-state index contributed by atoms with van der Waals surface area (Å²) in [6.45, 7) is 2.12. The molecular formula is C26H23NO6. The molecule has 2 aliphatic rings. The second-order valence-corrected chi connectivity index (χ2v) is 8.33. The number of nitrogens with one attached hydrogen (secondary N) is 1. The van der Waals surface area contributed by atoms with E-state index in [4.69, 9.17) is 14.2 Å². The monoisotopic (exact) mass is 445 g/mol. The normalized spacial score (nSPS) is 15.1. The van der Waals surface area contributed by atoms with Gasteiger partial charge in [-0.3, -0.25) is 4.79 Å². The zero-order valence-electron chi connectivity index (χ0n) is 18.3. The summed E-state index contributed by atoms with van der Waals surface area (Å²) in [5.74, 6) is 0.499. The number of aryl methyl sites for hydroxylation is 1. The number of methoxy groups -OCH3 is 1. The first-order valence-electron chi connectivity index (χ1n) is 10.7. The van der Waals surface area contributed by atoms with Crippen LogP contribution in [-0.2, 0) is 10.2 Å². The lowest BCUT2D eigenvalue weighted by Crippen LogP contribution is -2.27. The maximum absolute atomic E-state index is 13.3. The van der Waals surface area contributed by atoms with E-state index in [2.05, 4.69) is 5.32 Å². The van der Waals surface area contributed by atoms with Crippen molar-refractivity contribution in [2.45, 2.75) is 25.2 Å². The summed E-state index contributed by atoms with van der Waals surface area (Å²) < 4.78 is 16.3. The Balaban J connectivity index is 1.46. The summed E-state index contributed by atoms with van der Waals surface area (Å²) in [5.41, 5.74) is 3.42. The number of carboxylic acid groups (broad SMARTS) is 1. The lowest BCUT2D eigenvalue weighted by Gasteiger charge is -2.18. The fraction of sp³-hybridized carbons (Fsp3) is 0.231. The molecule has 1 aliphatic carbocycles. The van der Waals surface area contributed by atoms with Crippen LogP contribution in [0.25, 0.3) is 11.1 Å². The number of carbonyl (C=O) groups excluding carboxylic acids is 1. The van der Waals surface area contributed by atoms with Gasteiger partial charge in [-0.15, -0.1) is 0 Å². The number of fused-ring (bicyclic) bond motifs is 1. The van der Waals surface area contributed by atoms with E-state index in [0.29, 0.717) is 22.7 Å². The minimum absolute atomic E-state index is 0.0811. The Bertz CT molecular complexity index is 1280. The molecule has 2 N–H and O–H groups in total. The van der Waals surface area contributed by atoms with Crippen LogP contribution in [-0.4, -0.2) is 30.9 Å². The average molecular weight is 445 g/mol. The van der Waals surface area contributed by atoms with Gasteiger partial charge in [-0.1, -0.05) is 24.3 Å². The Labute approximate surface area is 190 Å². The maximum Gasteiger partial charge on any atom is 0.339 e. The molecule has 0 radical (unpaired) electrons. The van der Waals surface area contributed by atoms with Crippen molar-refractivity contribution in [3.8, 4) is 28.4 Å². The average Bonchev–Trinajstić information content (AvgIpc) is 3.50. The van der Waals surface area contributed by atoms with Gasteiger partial charge in [0.15, 0.2) is 11.5 Å². The van der Waals surface area contributed by atoms with Crippen LogP contribution >= 0.6 is 0 Å². The number of benzene rings is 3. The number of ether oxygens (including phenoxy) is 3. The van der Waals surface area contributed by atoms with Crippen LogP contribution in [0.15, 0.2) is 54.6 Å². The second-order valence-electron chi connectivity index (χ2n) is 8.33. The van der Waals surface area contributed by atoms with Gasteiger partial charge in [-0.25, -0.2) is 4.79 Å². The smallest absolute Gasteiger partial charge is 0.339 e. The van der Waals surface area contributed by atoms with Crippen LogP contribution in [0, 0.1) is 6.92 Å². The molecule has 1 heterocycles. The predicted molar refractivity (Wildman–Crippen MR) is 122 cm³/mol. The Morgan fingerprint density at radius 3 is 2.52 bits per heavy atom. The summed E-state index contributed by atoms with van der Waals surface area (Å²) in [5, 5.41) is 12.6. The molecule has 7 heteroatoms. The Morgan fingerprint density at radius 1 is 1.00 bits per heavy atom. The van der Waals surface area contributed by atoms with Crippen LogP contribution in [0.3, 0.4) is 0 Å². The van der Waals surface area contributed by atoms with E-state index in [9.17, 15) is 14.7 Å². The third kappa shape index (κ3) is 3.55. The molecule has 3 aromatic rings. The molecule has 0 spiro atoms. The number of rotatable bonds is 6. The van der Waals surface area contributed by atoms with Crippen molar-refractivity contribution in [3.63, 3.8) is 0 Å². The van der Waals surface area contributed by atoms with E-state index in [1.165, 1.54) is 13.2 Å². The summed E-state index contributed by atoms with van der Waals surface area (Å²) in [6, 6.07) is 16.3. The van der Waals surface area contributed by atoms with Gasteiger partial charge in [0.05, 0.1) is 12.5 Å². The van der Waals surface area contributed by atoms with Gasteiger partial charge in [0, 0.05) is 11.3 Å². The molecule has 0 bridgehead atoms. The predicted octanol–water partition coefficient (Wildman–Crippen LogP) is 4.77. The molecule has 3 aromatic carbocycles. The number of carbonyl (C=O) groups is 2. The highest BCUT2D eigenvalue weighted by Gasteiger charge is 2.51. The van der Waals surface area contributed by atoms with Crippen LogP contribution in [0.5, 0.6) is 17.2 Å². The molecule has 1 amide bonds. The lowest BCUT2D eigenvalue weighted by molar-refractivity contribution is -0.118. The van der Waals surface area contributed by atoms with Crippen molar-refractivity contribution >= 4 is 17.6 Å². The summed E-state index contributed by atoms with van der Waals surface area (Å²) in [7, 11) is 1.45. The minimum Gasteiger partial charge on any atom is -0.495 e. The molecule has 0 aromatic heterocycles. The molecule has 33 heavy (non-hydrogen) atoms. The van der Waals surface area contributed by atoms with Crippen molar-refractivity contribution in [3.05, 3.63) is 71.3 Å². The Kier molecular flexibility index (Phi) is 4.96. The molecular weight excluding hydrogens is 422 g/mol. The quantitative estimate of drug-likeness (QED) is 0.568. The number of hydrogen-bond acceptors (Lipinski definition) is 5.